The first kappa shape index (κ1) is 20.6. The van der Waals surface area contributed by atoms with Crippen LogP contribution < -0.4 is 0 Å². The summed E-state index contributed by atoms with van der Waals surface area (Å²) in [5.41, 5.74) is 2.54. The zero-order valence-corrected chi connectivity index (χ0v) is 16.0. The van der Waals surface area contributed by atoms with Crippen LogP contribution in [0.15, 0.2) is 60.7 Å². The first-order valence-corrected chi connectivity index (χ1v) is 9.07. The fourth-order valence-electron chi connectivity index (χ4n) is 3.57. The van der Waals surface area contributed by atoms with Crippen LogP contribution in [0.4, 0.5) is 0 Å². The summed E-state index contributed by atoms with van der Waals surface area (Å²) in [5.74, 6) is -1.03. The maximum absolute atomic E-state index is 11.4. The molecule has 1 aliphatic heterocycles. The molecule has 1 heterocycles. The van der Waals surface area contributed by atoms with Crippen molar-refractivity contribution in [3.8, 4) is 0 Å². The minimum atomic E-state index is -0.833. The average Bonchev–Trinajstić information content (AvgIpc) is 2.63. The van der Waals surface area contributed by atoms with Crippen LogP contribution in [-0.2, 0) is 14.3 Å². The van der Waals surface area contributed by atoms with Crippen LogP contribution in [0.2, 0.25) is 0 Å². The van der Waals surface area contributed by atoms with Crippen molar-refractivity contribution in [2.75, 3.05) is 7.05 Å². The van der Waals surface area contributed by atoms with E-state index >= 15 is 0 Å². The molecular weight excluding hydrogens is 342 g/mol. The smallest absolute Gasteiger partial charge is 0.302 e. The van der Waals surface area contributed by atoms with Crippen LogP contribution >= 0.6 is 0 Å². The number of carboxylic acids is 1. The standard InChI is InChI=1S/C20H23NO2.C2H4O2/c1-15(22)23-18-13-19(16-9-5-3-6-10-16)21(2)20(14-18)17-11-7-4-8-12-17;1-2(3)4/h3-12,18-20H,13-14H2,1-2H3;1H3,(H,3,4). The van der Waals surface area contributed by atoms with Gasteiger partial charge in [0.25, 0.3) is 5.97 Å². The summed E-state index contributed by atoms with van der Waals surface area (Å²) in [6, 6.07) is 21.4. The van der Waals surface area contributed by atoms with Crippen LogP contribution in [0, 0.1) is 0 Å². The van der Waals surface area contributed by atoms with Gasteiger partial charge in [0.1, 0.15) is 6.10 Å². The van der Waals surface area contributed by atoms with E-state index in [9.17, 15) is 4.79 Å². The molecule has 2 unspecified atom stereocenters. The third-order valence-electron chi connectivity index (χ3n) is 4.66. The SMILES string of the molecule is CC(=O)O.CC(=O)OC1CC(c2ccccc2)N(C)C(c2ccccc2)C1. The lowest BCUT2D eigenvalue weighted by Crippen LogP contribution is -2.40. The van der Waals surface area contributed by atoms with E-state index in [0.717, 1.165) is 19.8 Å². The second kappa shape index (κ2) is 9.88. The van der Waals surface area contributed by atoms with E-state index in [1.54, 1.807) is 0 Å². The summed E-state index contributed by atoms with van der Waals surface area (Å²) < 4.78 is 5.58. The molecule has 0 spiro atoms. The predicted molar refractivity (Wildman–Crippen MR) is 104 cm³/mol. The van der Waals surface area contributed by atoms with E-state index < -0.39 is 5.97 Å². The van der Waals surface area contributed by atoms with Gasteiger partial charge in [0.2, 0.25) is 0 Å². The van der Waals surface area contributed by atoms with Gasteiger partial charge in [0.05, 0.1) is 0 Å². The summed E-state index contributed by atoms with van der Waals surface area (Å²) in [6.07, 6.45) is 1.63. The number of carbonyl (C=O) groups is 2. The molecule has 2 aromatic rings. The lowest BCUT2D eigenvalue weighted by atomic mass is 9.86. The van der Waals surface area contributed by atoms with Gasteiger partial charge in [-0.05, 0) is 18.2 Å². The highest BCUT2D eigenvalue weighted by Crippen LogP contribution is 2.41. The van der Waals surface area contributed by atoms with Gasteiger partial charge in [-0.25, -0.2) is 0 Å². The zero-order valence-electron chi connectivity index (χ0n) is 16.0. The van der Waals surface area contributed by atoms with Crippen LogP contribution in [0.5, 0.6) is 0 Å². The number of carboxylic acid groups (broad SMARTS) is 1. The Morgan fingerprint density at radius 1 is 0.889 bits per heavy atom. The number of esters is 1. The zero-order chi connectivity index (χ0) is 19.8. The minimum absolute atomic E-state index is 0.0425. The molecule has 0 radical (unpaired) electrons. The number of carbonyl (C=O) groups excluding carboxylic acids is 1. The molecule has 3 rings (SSSR count). The quantitative estimate of drug-likeness (QED) is 0.821. The maximum atomic E-state index is 11.4. The van der Waals surface area contributed by atoms with Gasteiger partial charge >= 0.3 is 5.97 Å². The lowest BCUT2D eigenvalue weighted by molar-refractivity contribution is -0.151. The molecule has 27 heavy (non-hydrogen) atoms. The number of aliphatic carboxylic acids is 1. The topological polar surface area (TPSA) is 66.8 Å². The van der Waals surface area contributed by atoms with E-state index in [-0.39, 0.29) is 24.2 Å². The molecule has 5 heteroatoms. The summed E-state index contributed by atoms with van der Waals surface area (Å²) in [7, 11) is 2.17. The van der Waals surface area contributed by atoms with E-state index in [1.165, 1.54) is 18.1 Å². The van der Waals surface area contributed by atoms with Gasteiger partial charge in [-0.1, -0.05) is 60.7 Å². The van der Waals surface area contributed by atoms with E-state index in [4.69, 9.17) is 14.6 Å². The fourth-order valence-corrected chi connectivity index (χ4v) is 3.57. The van der Waals surface area contributed by atoms with Gasteiger partial charge in [-0.3, -0.25) is 14.5 Å². The second-order valence-corrected chi connectivity index (χ2v) is 6.74. The Kier molecular flexibility index (Phi) is 7.55. The number of piperidine rings is 1. The van der Waals surface area contributed by atoms with E-state index in [2.05, 4.69) is 60.5 Å². The number of likely N-dealkylation sites (tertiary alicyclic amines) is 1. The fraction of sp³-hybridized carbons (Fsp3) is 0.364. The first-order chi connectivity index (χ1) is 12.9. The predicted octanol–water partition coefficient (Wildman–Crippen LogP) is 4.22. The molecule has 1 fully saturated rings. The number of hydrogen-bond donors (Lipinski definition) is 1. The van der Waals surface area contributed by atoms with Crippen molar-refractivity contribution < 1.29 is 19.4 Å². The molecule has 144 valence electrons. The van der Waals surface area contributed by atoms with Crippen LogP contribution in [0.1, 0.15) is 49.9 Å². The summed E-state index contributed by atoms with van der Waals surface area (Å²) in [4.78, 5) is 22.9. The van der Waals surface area contributed by atoms with Gasteiger partial charge in [-0.2, -0.15) is 0 Å². The monoisotopic (exact) mass is 369 g/mol. The maximum Gasteiger partial charge on any atom is 0.302 e. The highest BCUT2D eigenvalue weighted by molar-refractivity contribution is 5.66. The Labute approximate surface area is 160 Å². The molecule has 5 nitrogen and oxygen atoms in total. The van der Waals surface area contributed by atoms with Crippen LogP contribution in [0.25, 0.3) is 0 Å². The van der Waals surface area contributed by atoms with Gasteiger partial charge < -0.3 is 9.84 Å². The normalized spacial score (nSPS) is 22.3. The Hall–Kier alpha value is -2.66. The van der Waals surface area contributed by atoms with Crippen molar-refractivity contribution in [2.45, 2.75) is 44.9 Å². The molecular formula is C22H27NO4. The Bertz CT molecular complexity index is 679. The second-order valence-electron chi connectivity index (χ2n) is 6.74. The largest absolute Gasteiger partial charge is 0.481 e. The van der Waals surface area contributed by atoms with E-state index in [0.29, 0.717) is 0 Å². The van der Waals surface area contributed by atoms with Crippen molar-refractivity contribution in [3.63, 3.8) is 0 Å². The van der Waals surface area contributed by atoms with Crippen molar-refractivity contribution in [3.05, 3.63) is 71.8 Å². The minimum Gasteiger partial charge on any atom is -0.481 e. The highest BCUT2D eigenvalue weighted by atomic mass is 16.5. The average molecular weight is 369 g/mol. The molecule has 1 aliphatic rings. The number of hydrogen-bond acceptors (Lipinski definition) is 4. The Balaban J connectivity index is 0.000000596. The summed E-state index contributed by atoms with van der Waals surface area (Å²) in [6.45, 7) is 2.58. The van der Waals surface area contributed by atoms with Gasteiger partial charge in [0.15, 0.2) is 0 Å². The summed E-state index contributed by atoms with van der Waals surface area (Å²) >= 11 is 0. The lowest BCUT2D eigenvalue weighted by Gasteiger charge is -2.43. The highest BCUT2D eigenvalue weighted by Gasteiger charge is 2.36. The third-order valence-corrected chi connectivity index (χ3v) is 4.66. The number of rotatable bonds is 3. The molecule has 1 N–H and O–H groups in total. The molecule has 0 bridgehead atoms. The van der Waals surface area contributed by atoms with Gasteiger partial charge in [-0.15, -0.1) is 0 Å². The Morgan fingerprint density at radius 3 is 1.59 bits per heavy atom. The number of nitrogens with zero attached hydrogens (tertiary/aromatic N) is 1. The first-order valence-electron chi connectivity index (χ1n) is 9.07. The number of benzene rings is 2. The molecule has 0 saturated carbocycles. The van der Waals surface area contributed by atoms with Crippen LogP contribution in [-0.4, -0.2) is 35.1 Å². The number of ether oxygens (including phenoxy) is 1. The molecule has 2 aromatic carbocycles. The van der Waals surface area contributed by atoms with Crippen molar-refractivity contribution in [2.24, 2.45) is 0 Å². The van der Waals surface area contributed by atoms with Crippen molar-refractivity contribution in [1.29, 1.82) is 0 Å². The molecule has 2 atom stereocenters. The third kappa shape index (κ3) is 6.22. The van der Waals surface area contributed by atoms with Crippen molar-refractivity contribution in [1.82, 2.24) is 4.90 Å². The van der Waals surface area contributed by atoms with E-state index in [1.807, 2.05) is 12.1 Å². The molecule has 0 aliphatic carbocycles. The van der Waals surface area contributed by atoms with Crippen molar-refractivity contribution >= 4 is 11.9 Å². The summed E-state index contributed by atoms with van der Waals surface area (Å²) in [5, 5.41) is 7.42. The van der Waals surface area contributed by atoms with Gasteiger partial charge in [0, 0.05) is 38.8 Å². The molecule has 1 saturated heterocycles. The Morgan fingerprint density at radius 2 is 1.26 bits per heavy atom. The van der Waals surface area contributed by atoms with Crippen LogP contribution in [0.3, 0.4) is 0 Å². The molecule has 0 amide bonds. The molecule has 0 aromatic heterocycles.